The predicted molar refractivity (Wildman–Crippen MR) is 74.7 cm³/mol. The Morgan fingerprint density at radius 1 is 1.22 bits per heavy atom. The molecule has 18 heavy (non-hydrogen) atoms. The first kappa shape index (κ1) is 11.6. The van der Waals surface area contributed by atoms with Crippen LogP contribution in [0.25, 0.3) is 5.65 Å². The van der Waals surface area contributed by atoms with Gasteiger partial charge in [0.15, 0.2) is 0 Å². The number of aryl methyl sites for hydroxylation is 1. The van der Waals surface area contributed by atoms with E-state index in [0.717, 1.165) is 23.1 Å². The van der Waals surface area contributed by atoms with E-state index in [1.807, 2.05) is 4.40 Å². The van der Waals surface area contributed by atoms with E-state index in [0.29, 0.717) is 5.92 Å². The van der Waals surface area contributed by atoms with Crippen molar-refractivity contribution in [2.24, 2.45) is 5.92 Å². The summed E-state index contributed by atoms with van der Waals surface area (Å²) in [5.74, 6) is 2.26. The van der Waals surface area contributed by atoms with E-state index in [1.165, 1.54) is 31.2 Å². The lowest BCUT2D eigenvalue weighted by Gasteiger charge is -2.25. The summed E-state index contributed by atoms with van der Waals surface area (Å²) in [6, 6.07) is 4.15. The Hall–Kier alpha value is -1.51. The predicted octanol–water partition coefficient (Wildman–Crippen LogP) is 3.52. The second-order valence-electron chi connectivity index (χ2n) is 5.77. The van der Waals surface area contributed by atoms with Crippen LogP contribution >= 0.6 is 0 Å². The first-order valence-corrected chi connectivity index (χ1v) is 6.89. The molecule has 1 aliphatic carbocycles. The van der Waals surface area contributed by atoms with Gasteiger partial charge in [0.1, 0.15) is 11.5 Å². The quantitative estimate of drug-likeness (QED) is 0.832. The maximum Gasteiger partial charge on any atom is 0.138 e. The molecule has 3 rings (SSSR count). The molecule has 0 radical (unpaired) electrons. The van der Waals surface area contributed by atoms with Gasteiger partial charge in [-0.15, -0.1) is 0 Å². The Morgan fingerprint density at radius 3 is 2.67 bits per heavy atom. The van der Waals surface area contributed by atoms with Crippen LogP contribution in [0.15, 0.2) is 18.3 Å². The average molecular weight is 243 g/mol. The van der Waals surface area contributed by atoms with Crippen LogP contribution in [-0.4, -0.2) is 9.38 Å². The van der Waals surface area contributed by atoms with Crippen molar-refractivity contribution in [1.29, 1.82) is 0 Å². The van der Waals surface area contributed by atoms with Crippen molar-refractivity contribution in [2.75, 3.05) is 5.73 Å². The molecule has 0 aromatic carbocycles. The van der Waals surface area contributed by atoms with Crippen molar-refractivity contribution in [3.63, 3.8) is 0 Å². The maximum absolute atomic E-state index is 6.27. The first-order valence-electron chi connectivity index (χ1n) is 6.89. The van der Waals surface area contributed by atoms with E-state index in [4.69, 9.17) is 10.7 Å². The van der Waals surface area contributed by atoms with Crippen LogP contribution in [-0.2, 0) is 0 Å². The van der Waals surface area contributed by atoms with Gasteiger partial charge in [0.25, 0.3) is 0 Å². The zero-order valence-electron chi connectivity index (χ0n) is 11.2. The number of pyridine rings is 1. The molecule has 0 bridgehead atoms. The number of fused-ring (bicyclic) bond motifs is 1. The molecular weight excluding hydrogens is 222 g/mol. The molecule has 0 atom stereocenters. The fraction of sp³-hybridized carbons (Fsp3) is 0.533. The fourth-order valence-corrected chi connectivity index (χ4v) is 3.02. The lowest BCUT2D eigenvalue weighted by molar-refractivity contribution is 0.345. The molecule has 3 nitrogen and oxygen atoms in total. The summed E-state index contributed by atoms with van der Waals surface area (Å²) in [5, 5.41) is 0. The van der Waals surface area contributed by atoms with Crippen molar-refractivity contribution in [3.8, 4) is 0 Å². The number of nitrogen functional groups attached to an aromatic ring is 1. The molecule has 2 N–H and O–H groups in total. The summed E-state index contributed by atoms with van der Waals surface area (Å²) >= 11 is 0. The Kier molecular flexibility index (Phi) is 2.77. The van der Waals surface area contributed by atoms with Gasteiger partial charge in [-0.2, -0.15) is 0 Å². The van der Waals surface area contributed by atoms with Crippen LogP contribution in [0.4, 0.5) is 5.82 Å². The van der Waals surface area contributed by atoms with Gasteiger partial charge in [0.2, 0.25) is 0 Å². The number of nitrogens with zero attached hydrogens (tertiary/aromatic N) is 2. The van der Waals surface area contributed by atoms with E-state index in [-0.39, 0.29) is 0 Å². The molecule has 0 saturated heterocycles. The van der Waals surface area contributed by atoms with E-state index < -0.39 is 0 Å². The number of anilines is 1. The monoisotopic (exact) mass is 243 g/mol. The summed E-state index contributed by atoms with van der Waals surface area (Å²) in [6.45, 7) is 4.42. The third-order valence-corrected chi connectivity index (χ3v) is 4.23. The van der Waals surface area contributed by atoms with Gasteiger partial charge in [-0.05, 0) is 37.3 Å². The van der Waals surface area contributed by atoms with Gasteiger partial charge in [0.05, 0.1) is 5.69 Å². The van der Waals surface area contributed by atoms with Crippen LogP contribution < -0.4 is 5.73 Å². The van der Waals surface area contributed by atoms with Crippen molar-refractivity contribution in [3.05, 3.63) is 29.6 Å². The number of rotatable bonds is 1. The zero-order chi connectivity index (χ0) is 12.7. The summed E-state index contributed by atoms with van der Waals surface area (Å²) in [6.07, 6.45) is 7.14. The van der Waals surface area contributed by atoms with Crippen LogP contribution in [0.5, 0.6) is 0 Å². The van der Waals surface area contributed by atoms with Gasteiger partial charge in [-0.25, -0.2) is 4.98 Å². The third-order valence-electron chi connectivity index (χ3n) is 4.23. The summed E-state index contributed by atoms with van der Waals surface area (Å²) in [5.41, 5.74) is 9.59. The zero-order valence-corrected chi connectivity index (χ0v) is 11.2. The van der Waals surface area contributed by atoms with Gasteiger partial charge in [-0.1, -0.05) is 25.8 Å². The molecule has 96 valence electrons. The standard InChI is InChI=1S/C15H21N3/c1-10-3-6-12(7-4-10)14-15(16)18-9-11(2)5-8-13(18)17-14/h5,8-10,12H,3-4,6-7,16H2,1-2H3. The Bertz CT molecular complexity index is 562. The number of nitrogens with two attached hydrogens (primary N) is 1. The molecule has 1 fully saturated rings. The number of aromatic nitrogens is 2. The smallest absolute Gasteiger partial charge is 0.138 e. The second kappa shape index (κ2) is 4.30. The summed E-state index contributed by atoms with van der Waals surface area (Å²) in [4.78, 5) is 4.74. The molecule has 0 aliphatic heterocycles. The molecule has 0 unspecified atom stereocenters. The second-order valence-corrected chi connectivity index (χ2v) is 5.77. The highest BCUT2D eigenvalue weighted by Gasteiger charge is 2.24. The first-order chi connectivity index (χ1) is 8.65. The molecular formula is C15H21N3. The van der Waals surface area contributed by atoms with Crippen molar-refractivity contribution in [2.45, 2.75) is 45.4 Å². The lowest BCUT2D eigenvalue weighted by Crippen LogP contribution is -2.12. The topological polar surface area (TPSA) is 43.3 Å². The molecule has 2 aromatic rings. The van der Waals surface area contributed by atoms with E-state index in [9.17, 15) is 0 Å². The van der Waals surface area contributed by atoms with Gasteiger partial charge in [0, 0.05) is 12.1 Å². The van der Waals surface area contributed by atoms with Gasteiger partial charge < -0.3 is 5.73 Å². The molecule has 1 aliphatic rings. The molecule has 2 aromatic heterocycles. The molecule has 0 spiro atoms. The van der Waals surface area contributed by atoms with Crippen LogP contribution in [0.2, 0.25) is 0 Å². The maximum atomic E-state index is 6.27. The molecule has 1 saturated carbocycles. The highest BCUT2D eigenvalue weighted by Crippen LogP contribution is 2.37. The average Bonchev–Trinajstić information content (AvgIpc) is 2.68. The van der Waals surface area contributed by atoms with Crippen molar-refractivity contribution < 1.29 is 0 Å². The summed E-state index contributed by atoms with van der Waals surface area (Å²) in [7, 11) is 0. The highest BCUT2D eigenvalue weighted by molar-refractivity contribution is 5.54. The lowest BCUT2D eigenvalue weighted by atomic mass is 9.81. The number of hydrogen-bond acceptors (Lipinski definition) is 2. The van der Waals surface area contributed by atoms with Crippen molar-refractivity contribution in [1.82, 2.24) is 9.38 Å². The number of imidazole rings is 1. The van der Waals surface area contributed by atoms with E-state index in [2.05, 4.69) is 32.2 Å². The Morgan fingerprint density at radius 2 is 1.94 bits per heavy atom. The normalized spacial score (nSPS) is 24.6. The highest BCUT2D eigenvalue weighted by atomic mass is 15.1. The van der Waals surface area contributed by atoms with Crippen LogP contribution in [0.1, 0.15) is 49.8 Å². The Balaban J connectivity index is 1.99. The van der Waals surface area contributed by atoms with Gasteiger partial charge in [-0.3, -0.25) is 4.40 Å². The SMILES string of the molecule is Cc1ccc2nc(C3CCC(C)CC3)c(N)n2c1. The minimum absolute atomic E-state index is 0.557. The number of hydrogen-bond donors (Lipinski definition) is 1. The Labute approximate surface area is 108 Å². The third kappa shape index (κ3) is 1.88. The minimum atomic E-state index is 0.557. The molecule has 2 heterocycles. The van der Waals surface area contributed by atoms with Gasteiger partial charge >= 0.3 is 0 Å². The largest absolute Gasteiger partial charge is 0.383 e. The van der Waals surface area contributed by atoms with E-state index in [1.54, 1.807) is 0 Å². The minimum Gasteiger partial charge on any atom is -0.383 e. The molecule has 0 amide bonds. The van der Waals surface area contributed by atoms with Crippen LogP contribution in [0, 0.1) is 12.8 Å². The van der Waals surface area contributed by atoms with Crippen molar-refractivity contribution >= 4 is 11.5 Å². The molecule has 3 heteroatoms. The fourth-order valence-electron chi connectivity index (χ4n) is 3.02. The van der Waals surface area contributed by atoms with E-state index >= 15 is 0 Å². The van der Waals surface area contributed by atoms with Crippen LogP contribution in [0.3, 0.4) is 0 Å². The summed E-state index contributed by atoms with van der Waals surface area (Å²) < 4.78 is 2.03.